The van der Waals surface area contributed by atoms with Gasteiger partial charge in [0.15, 0.2) is 0 Å². The van der Waals surface area contributed by atoms with Gasteiger partial charge in [0.1, 0.15) is 12.1 Å². The van der Waals surface area contributed by atoms with E-state index in [-0.39, 0.29) is 17.3 Å². The molecule has 2 aromatic rings. The predicted molar refractivity (Wildman–Crippen MR) is 97.0 cm³/mol. The van der Waals surface area contributed by atoms with E-state index in [0.29, 0.717) is 19.0 Å². The molecule has 0 radical (unpaired) electrons. The van der Waals surface area contributed by atoms with Crippen molar-refractivity contribution in [2.24, 2.45) is 5.92 Å². The van der Waals surface area contributed by atoms with Crippen molar-refractivity contribution in [3.63, 3.8) is 0 Å². The molecule has 2 N–H and O–H groups in total. The molecular weight excluding hydrogens is 322 g/mol. The fraction of sp³-hybridized carbons (Fsp3) is 0.412. The first-order valence-electron chi connectivity index (χ1n) is 8.11. The molecule has 0 saturated carbocycles. The Morgan fingerprint density at radius 2 is 1.80 bits per heavy atom. The summed E-state index contributed by atoms with van der Waals surface area (Å²) >= 11 is 0. The smallest absolute Gasteiger partial charge is 0.353 e. The first-order valence-corrected chi connectivity index (χ1v) is 8.11. The number of ether oxygens (including phenoxy) is 1. The van der Waals surface area contributed by atoms with Gasteiger partial charge >= 0.3 is 5.69 Å². The molecule has 0 amide bonds. The Bertz CT molecular complexity index is 704. The molecule has 0 spiro atoms. The van der Waals surface area contributed by atoms with E-state index in [9.17, 15) is 10.1 Å². The van der Waals surface area contributed by atoms with Gasteiger partial charge in [0.05, 0.1) is 12.0 Å². The van der Waals surface area contributed by atoms with Crippen LogP contribution in [0.4, 0.5) is 17.3 Å². The molecule has 0 saturated heterocycles. The minimum atomic E-state index is -0.464. The Balaban J connectivity index is 2.11. The van der Waals surface area contributed by atoms with Gasteiger partial charge in [-0.2, -0.15) is 0 Å². The third-order valence-corrected chi connectivity index (χ3v) is 3.64. The van der Waals surface area contributed by atoms with Gasteiger partial charge in [-0.3, -0.25) is 10.1 Å². The van der Waals surface area contributed by atoms with Crippen molar-refractivity contribution in [3.05, 3.63) is 46.3 Å². The molecule has 8 nitrogen and oxygen atoms in total. The zero-order valence-electron chi connectivity index (χ0n) is 14.7. The molecule has 0 aliphatic rings. The largest absolute Gasteiger partial charge is 0.497 e. The number of nitro groups is 1. The minimum absolute atomic E-state index is 0.139. The van der Waals surface area contributed by atoms with Crippen molar-refractivity contribution in [1.82, 2.24) is 9.97 Å². The third-order valence-electron chi connectivity index (χ3n) is 3.64. The lowest BCUT2D eigenvalue weighted by atomic mass is 10.1. The van der Waals surface area contributed by atoms with Crippen LogP contribution in [-0.4, -0.2) is 28.5 Å². The number of anilines is 2. The van der Waals surface area contributed by atoms with Gasteiger partial charge in [-0.05, 0) is 30.0 Å². The number of rotatable bonds is 9. The number of hydrogen-bond donors (Lipinski definition) is 2. The van der Waals surface area contributed by atoms with Crippen LogP contribution in [0, 0.1) is 16.0 Å². The average Bonchev–Trinajstić information content (AvgIpc) is 2.60. The molecule has 0 aliphatic heterocycles. The van der Waals surface area contributed by atoms with Crippen LogP contribution in [0.2, 0.25) is 0 Å². The molecule has 0 fully saturated rings. The summed E-state index contributed by atoms with van der Waals surface area (Å²) in [6.45, 7) is 5.22. The summed E-state index contributed by atoms with van der Waals surface area (Å²) < 4.78 is 5.11. The lowest BCUT2D eigenvalue weighted by molar-refractivity contribution is -0.383. The maximum Gasteiger partial charge on any atom is 0.353 e. The predicted octanol–water partition coefficient (Wildman–Crippen LogP) is 3.46. The van der Waals surface area contributed by atoms with E-state index in [1.165, 1.54) is 6.33 Å². The molecule has 0 atom stereocenters. The third kappa shape index (κ3) is 5.30. The van der Waals surface area contributed by atoms with E-state index in [2.05, 4.69) is 34.4 Å². The van der Waals surface area contributed by atoms with Crippen LogP contribution in [0.5, 0.6) is 5.75 Å². The Morgan fingerprint density at radius 3 is 2.36 bits per heavy atom. The van der Waals surface area contributed by atoms with E-state index < -0.39 is 4.92 Å². The lowest BCUT2D eigenvalue weighted by Gasteiger charge is -2.11. The van der Waals surface area contributed by atoms with Crippen LogP contribution in [0.15, 0.2) is 30.6 Å². The summed E-state index contributed by atoms with van der Waals surface area (Å²) in [5.74, 6) is 1.69. The molecule has 25 heavy (non-hydrogen) atoms. The highest BCUT2D eigenvalue weighted by atomic mass is 16.6. The number of benzene rings is 1. The van der Waals surface area contributed by atoms with Gasteiger partial charge in [0, 0.05) is 13.1 Å². The summed E-state index contributed by atoms with van der Waals surface area (Å²) in [4.78, 5) is 19.0. The Morgan fingerprint density at radius 1 is 1.16 bits per heavy atom. The maximum absolute atomic E-state index is 11.5. The molecular formula is C17H23N5O3. The fourth-order valence-electron chi connectivity index (χ4n) is 2.22. The van der Waals surface area contributed by atoms with Gasteiger partial charge in [-0.1, -0.05) is 26.0 Å². The Labute approximate surface area is 146 Å². The molecule has 0 bridgehead atoms. The first-order chi connectivity index (χ1) is 12.0. The van der Waals surface area contributed by atoms with Crippen molar-refractivity contribution < 1.29 is 9.66 Å². The Kier molecular flexibility index (Phi) is 6.50. The zero-order chi connectivity index (χ0) is 18.2. The van der Waals surface area contributed by atoms with Crippen molar-refractivity contribution >= 4 is 17.3 Å². The number of hydrogen-bond acceptors (Lipinski definition) is 7. The highest BCUT2D eigenvalue weighted by Crippen LogP contribution is 2.29. The fourth-order valence-corrected chi connectivity index (χ4v) is 2.22. The average molecular weight is 345 g/mol. The first kappa shape index (κ1) is 18.4. The van der Waals surface area contributed by atoms with Crippen molar-refractivity contribution in [2.45, 2.75) is 26.8 Å². The Hall–Kier alpha value is -2.90. The minimum Gasteiger partial charge on any atom is -0.497 e. The van der Waals surface area contributed by atoms with Gasteiger partial charge in [-0.25, -0.2) is 9.97 Å². The molecule has 0 aliphatic carbocycles. The molecule has 134 valence electrons. The van der Waals surface area contributed by atoms with Gasteiger partial charge < -0.3 is 15.4 Å². The highest BCUT2D eigenvalue weighted by Gasteiger charge is 2.22. The number of aromatic nitrogens is 2. The van der Waals surface area contributed by atoms with E-state index in [0.717, 1.165) is 17.7 Å². The van der Waals surface area contributed by atoms with Gasteiger partial charge in [0.25, 0.3) is 0 Å². The number of methoxy groups -OCH3 is 1. The molecule has 1 aromatic heterocycles. The van der Waals surface area contributed by atoms with Crippen molar-refractivity contribution in [3.8, 4) is 5.75 Å². The second-order valence-electron chi connectivity index (χ2n) is 5.99. The van der Waals surface area contributed by atoms with Crippen LogP contribution >= 0.6 is 0 Å². The normalized spacial score (nSPS) is 10.6. The SMILES string of the molecule is COc1ccc(CNc2ncnc(NCCC(C)C)c2[N+](=O)[O-])cc1. The summed E-state index contributed by atoms with van der Waals surface area (Å²) in [5.41, 5.74) is 0.822. The maximum atomic E-state index is 11.5. The standard InChI is InChI=1S/C17H23N5O3/c1-12(2)8-9-18-16-15(22(23)24)17(21-11-20-16)19-10-13-4-6-14(25-3)7-5-13/h4-7,11-12H,8-10H2,1-3H3,(H2,18,19,20,21). The zero-order valence-corrected chi connectivity index (χ0v) is 14.7. The lowest BCUT2D eigenvalue weighted by Crippen LogP contribution is -2.11. The van der Waals surface area contributed by atoms with E-state index in [4.69, 9.17) is 4.74 Å². The topological polar surface area (TPSA) is 102 Å². The quantitative estimate of drug-likeness (QED) is 0.530. The second kappa shape index (κ2) is 8.81. The van der Waals surface area contributed by atoms with Crippen LogP contribution < -0.4 is 15.4 Å². The monoisotopic (exact) mass is 345 g/mol. The summed E-state index contributed by atoms with van der Waals surface area (Å²) in [6.07, 6.45) is 2.22. The number of nitrogens with one attached hydrogen (secondary N) is 2. The summed E-state index contributed by atoms with van der Waals surface area (Å²) in [5, 5.41) is 17.5. The van der Waals surface area contributed by atoms with Gasteiger partial charge in [-0.15, -0.1) is 0 Å². The summed E-state index contributed by atoms with van der Waals surface area (Å²) in [7, 11) is 1.60. The van der Waals surface area contributed by atoms with E-state index >= 15 is 0 Å². The van der Waals surface area contributed by atoms with Crippen LogP contribution in [-0.2, 0) is 6.54 Å². The molecule has 1 aromatic carbocycles. The van der Waals surface area contributed by atoms with Crippen molar-refractivity contribution in [1.29, 1.82) is 0 Å². The number of nitrogens with zero attached hydrogens (tertiary/aromatic N) is 3. The molecule has 1 heterocycles. The van der Waals surface area contributed by atoms with E-state index in [1.807, 2.05) is 24.3 Å². The molecule has 2 rings (SSSR count). The van der Waals surface area contributed by atoms with Crippen LogP contribution in [0.1, 0.15) is 25.8 Å². The summed E-state index contributed by atoms with van der Waals surface area (Å²) in [6, 6.07) is 7.45. The van der Waals surface area contributed by atoms with Crippen LogP contribution in [0.3, 0.4) is 0 Å². The van der Waals surface area contributed by atoms with Crippen LogP contribution in [0.25, 0.3) is 0 Å². The second-order valence-corrected chi connectivity index (χ2v) is 5.99. The molecule has 8 heteroatoms. The van der Waals surface area contributed by atoms with Crippen molar-refractivity contribution in [2.75, 3.05) is 24.3 Å². The van der Waals surface area contributed by atoms with Gasteiger partial charge in [0.2, 0.25) is 11.6 Å². The highest BCUT2D eigenvalue weighted by molar-refractivity contribution is 5.69. The van der Waals surface area contributed by atoms with E-state index in [1.54, 1.807) is 7.11 Å². The molecule has 0 unspecified atom stereocenters.